The smallest absolute Gasteiger partial charge is 0.294 e. The average Bonchev–Trinajstić information content (AvgIpc) is 2.87. The highest BCUT2D eigenvalue weighted by atomic mass is 16.5. The third-order valence-corrected chi connectivity index (χ3v) is 2.85. The summed E-state index contributed by atoms with van der Waals surface area (Å²) in [6.07, 6.45) is 3.69. The Morgan fingerprint density at radius 1 is 1.21 bits per heavy atom. The summed E-state index contributed by atoms with van der Waals surface area (Å²) in [7, 11) is 0. The normalized spacial score (nSPS) is 11.4. The Labute approximate surface area is 108 Å². The van der Waals surface area contributed by atoms with Crippen molar-refractivity contribution in [2.45, 2.75) is 6.92 Å². The van der Waals surface area contributed by atoms with Gasteiger partial charge in [-0.1, -0.05) is 41.6 Å². The summed E-state index contributed by atoms with van der Waals surface area (Å²) in [5, 5.41) is 10.7. The molecule has 0 aliphatic heterocycles. The molecule has 19 heavy (non-hydrogen) atoms. The van der Waals surface area contributed by atoms with Gasteiger partial charge >= 0.3 is 0 Å². The molecule has 0 saturated carbocycles. The number of aryl methyl sites for hydroxylation is 1. The molecule has 0 bridgehead atoms. The monoisotopic (exact) mass is 253 g/mol. The molecule has 0 atom stereocenters. The van der Waals surface area contributed by atoms with E-state index in [4.69, 9.17) is 4.52 Å². The zero-order valence-electron chi connectivity index (χ0n) is 10.3. The Hall–Kier alpha value is -2.69. The third-order valence-electron chi connectivity index (χ3n) is 2.85. The second kappa shape index (κ2) is 4.53. The summed E-state index contributed by atoms with van der Waals surface area (Å²) in [4.78, 5) is 11.6. The van der Waals surface area contributed by atoms with Gasteiger partial charge in [0.1, 0.15) is 0 Å². The fourth-order valence-electron chi connectivity index (χ4n) is 1.90. The lowest BCUT2D eigenvalue weighted by Crippen LogP contribution is -2.09. The Kier molecular flexibility index (Phi) is 2.72. The Bertz CT molecular complexity index is 800. The number of benzene rings is 1. The van der Waals surface area contributed by atoms with Gasteiger partial charge in [0.15, 0.2) is 11.3 Å². The number of rotatable bonds is 2. The van der Waals surface area contributed by atoms with Crippen LogP contribution in [0.4, 0.5) is 0 Å². The fraction of sp³-hybridized carbons (Fsp3) is 0.0714. The van der Waals surface area contributed by atoms with Gasteiger partial charge in [-0.15, -0.1) is 0 Å². The van der Waals surface area contributed by atoms with Crippen LogP contribution in [0.15, 0.2) is 39.6 Å². The zero-order valence-corrected chi connectivity index (χ0v) is 10.3. The number of aromatic nitrogens is 3. The molecule has 0 fully saturated rings. The fourth-order valence-corrected chi connectivity index (χ4v) is 1.90. The van der Waals surface area contributed by atoms with Crippen LogP contribution in [-0.4, -0.2) is 15.4 Å². The Balaban J connectivity index is 2.10. The first-order valence-electron chi connectivity index (χ1n) is 5.83. The second-order valence-electron chi connectivity index (χ2n) is 4.15. The molecule has 3 rings (SSSR count). The highest BCUT2D eigenvalue weighted by molar-refractivity contribution is 5.89. The van der Waals surface area contributed by atoms with E-state index in [1.165, 1.54) is 0 Å². The van der Waals surface area contributed by atoms with Crippen LogP contribution in [0.2, 0.25) is 0 Å². The highest BCUT2D eigenvalue weighted by Gasteiger charge is 2.12. The Morgan fingerprint density at radius 3 is 2.79 bits per heavy atom. The van der Waals surface area contributed by atoms with Gasteiger partial charge in [-0.25, -0.2) is 5.10 Å². The van der Waals surface area contributed by atoms with Crippen LogP contribution >= 0.6 is 0 Å². The van der Waals surface area contributed by atoms with Crippen LogP contribution in [0.25, 0.3) is 23.1 Å². The molecular formula is C14H11N3O2. The molecule has 1 N–H and O–H groups in total. The van der Waals surface area contributed by atoms with E-state index < -0.39 is 0 Å². The van der Waals surface area contributed by atoms with Gasteiger partial charge in [0.2, 0.25) is 0 Å². The van der Waals surface area contributed by atoms with Crippen molar-refractivity contribution in [2.75, 3.05) is 0 Å². The molecule has 5 nitrogen and oxygen atoms in total. The van der Waals surface area contributed by atoms with Crippen molar-refractivity contribution in [3.63, 3.8) is 0 Å². The molecule has 0 saturated heterocycles. The van der Waals surface area contributed by atoms with Crippen LogP contribution in [0.3, 0.4) is 0 Å². The minimum Gasteiger partial charge on any atom is -0.355 e. The van der Waals surface area contributed by atoms with Gasteiger partial charge in [0, 0.05) is 0 Å². The van der Waals surface area contributed by atoms with E-state index in [-0.39, 0.29) is 11.1 Å². The largest absolute Gasteiger partial charge is 0.355 e. The molecule has 0 spiro atoms. The van der Waals surface area contributed by atoms with Crippen LogP contribution < -0.4 is 5.56 Å². The van der Waals surface area contributed by atoms with E-state index in [1.807, 2.05) is 36.4 Å². The molecule has 94 valence electrons. The summed E-state index contributed by atoms with van der Waals surface area (Å²) in [6, 6.07) is 9.82. The van der Waals surface area contributed by atoms with Gasteiger partial charge in [0.05, 0.1) is 11.1 Å². The van der Waals surface area contributed by atoms with E-state index in [2.05, 4.69) is 15.4 Å². The first-order valence-corrected chi connectivity index (χ1v) is 5.83. The van der Waals surface area contributed by atoms with E-state index in [0.717, 1.165) is 5.56 Å². The maximum Gasteiger partial charge on any atom is 0.294 e. The zero-order chi connectivity index (χ0) is 13.2. The number of hydrogen-bond acceptors (Lipinski definition) is 4. The number of nitrogens with one attached hydrogen (secondary N) is 1. The number of aromatic amines is 1. The van der Waals surface area contributed by atoms with Crippen molar-refractivity contribution >= 4 is 23.1 Å². The maximum atomic E-state index is 11.6. The molecule has 2 aromatic heterocycles. The van der Waals surface area contributed by atoms with Crippen LogP contribution in [0.1, 0.15) is 17.0 Å². The van der Waals surface area contributed by atoms with Crippen molar-refractivity contribution in [2.24, 2.45) is 0 Å². The van der Waals surface area contributed by atoms with Crippen molar-refractivity contribution < 1.29 is 4.52 Å². The van der Waals surface area contributed by atoms with E-state index in [9.17, 15) is 4.79 Å². The minimum atomic E-state index is -0.344. The summed E-state index contributed by atoms with van der Waals surface area (Å²) in [5.74, 6) is 0.537. The molecule has 0 aliphatic carbocycles. The lowest BCUT2D eigenvalue weighted by atomic mass is 10.1. The predicted octanol–water partition coefficient (Wildman–Crippen LogP) is 2.39. The van der Waals surface area contributed by atoms with Crippen molar-refractivity contribution in [3.8, 4) is 0 Å². The number of H-pyrrole nitrogens is 1. The standard InChI is InChI=1S/C14H11N3O2/c1-9-12-11(8-7-10-5-3-2-4-6-10)19-17-13(12)14(18)16-15-9/h2-8H,1H3,(H,16,18)/b8-7+. The first kappa shape index (κ1) is 11.4. The molecule has 3 aromatic rings. The van der Waals surface area contributed by atoms with Gasteiger partial charge < -0.3 is 4.52 Å². The van der Waals surface area contributed by atoms with E-state index in [1.54, 1.807) is 13.0 Å². The van der Waals surface area contributed by atoms with Crippen LogP contribution in [0.5, 0.6) is 0 Å². The van der Waals surface area contributed by atoms with Gasteiger partial charge in [0.25, 0.3) is 5.56 Å². The first-order chi connectivity index (χ1) is 9.25. The average molecular weight is 253 g/mol. The molecular weight excluding hydrogens is 242 g/mol. The lowest BCUT2D eigenvalue weighted by Gasteiger charge is -1.93. The van der Waals surface area contributed by atoms with E-state index >= 15 is 0 Å². The van der Waals surface area contributed by atoms with Crippen molar-refractivity contribution in [3.05, 3.63) is 57.7 Å². The van der Waals surface area contributed by atoms with Crippen LogP contribution in [0, 0.1) is 6.92 Å². The Morgan fingerprint density at radius 2 is 2.00 bits per heavy atom. The predicted molar refractivity (Wildman–Crippen MR) is 72.5 cm³/mol. The summed E-state index contributed by atoms with van der Waals surface area (Å²) in [5.41, 5.74) is 1.66. The highest BCUT2D eigenvalue weighted by Crippen LogP contribution is 2.19. The quantitative estimate of drug-likeness (QED) is 0.761. The number of nitrogens with zero attached hydrogens (tertiary/aromatic N) is 2. The second-order valence-corrected chi connectivity index (χ2v) is 4.15. The summed E-state index contributed by atoms with van der Waals surface area (Å²) in [6.45, 7) is 1.80. The van der Waals surface area contributed by atoms with E-state index in [0.29, 0.717) is 16.8 Å². The molecule has 5 heteroatoms. The van der Waals surface area contributed by atoms with Gasteiger partial charge in [-0.05, 0) is 18.6 Å². The molecule has 0 aliphatic rings. The van der Waals surface area contributed by atoms with Crippen molar-refractivity contribution in [1.29, 1.82) is 0 Å². The minimum absolute atomic E-state index is 0.278. The molecule has 2 heterocycles. The topological polar surface area (TPSA) is 71.8 Å². The number of fused-ring (bicyclic) bond motifs is 1. The van der Waals surface area contributed by atoms with Gasteiger partial charge in [-0.3, -0.25) is 4.79 Å². The molecule has 0 amide bonds. The lowest BCUT2D eigenvalue weighted by molar-refractivity contribution is 0.421. The summed E-state index contributed by atoms with van der Waals surface area (Å²) < 4.78 is 5.20. The maximum absolute atomic E-state index is 11.6. The summed E-state index contributed by atoms with van der Waals surface area (Å²) >= 11 is 0. The van der Waals surface area contributed by atoms with Crippen LogP contribution in [-0.2, 0) is 0 Å². The molecule has 0 unspecified atom stereocenters. The molecule has 0 radical (unpaired) electrons. The van der Waals surface area contributed by atoms with Gasteiger partial charge in [-0.2, -0.15) is 5.10 Å². The third kappa shape index (κ3) is 2.06. The molecule has 1 aromatic carbocycles. The SMILES string of the molecule is Cc1n[nH]c(=O)c2noc(/C=C/c3ccccc3)c12. The van der Waals surface area contributed by atoms with Crippen molar-refractivity contribution in [1.82, 2.24) is 15.4 Å². The number of hydrogen-bond donors (Lipinski definition) is 1.